The Morgan fingerprint density at radius 1 is 0.966 bits per heavy atom. The lowest BCUT2D eigenvalue weighted by Crippen LogP contribution is -2.43. The van der Waals surface area contributed by atoms with Gasteiger partial charge in [0.1, 0.15) is 11.5 Å². The molecule has 0 aliphatic rings. The van der Waals surface area contributed by atoms with Gasteiger partial charge in [-0.25, -0.2) is 0 Å². The minimum Gasteiger partial charge on any atom is -0.493 e. The molecule has 6 nitrogen and oxygen atoms in total. The molecule has 29 heavy (non-hydrogen) atoms. The van der Waals surface area contributed by atoms with Crippen molar-refractivity contribution in [3.63, 3.8) is 0 Å². The molecule has 0 unspecified atom stereocenters. The molecular formula is C22H27BrN2O4. The summed E-state index contributed by atoms with van der Waals surface area (Å²) in [7, 11) is 0. The van der Waals surface area contributed by atoms with Crippen molar-refractivity contribution in [1.82, 2.24) is 10.9 Å². The van der Waals surface area contributed by atoms with Crippen LogP contribution in [0, 0.1) is 5.92 Å². The maximum atomic E-state index is 12.1. The summed E-state index contributed by atoms with van der Waals surface area (Å²) in [6.45, 7) is 8.72. The Hall–Kier alpha value is -2.54. The van der Waals surface area contributed by atoms with Gasteiger partial charge in [-0.2, -0.15) is 0 Å². The second-order valence-electron chi connectivity index (χ2n) is 7.36. The van der Waals surface area contributed by atoms with Gasteiger partial charge in [-0.1, -0.05) is 33.8 Å². The topological polar surface area (TPSA) is 76.7 Å². The average Bonchev–Trinajstić information content (AvgIpc) is 2.69. The number of amides is 2. The van der Waals surface area contributed by atoms with Crippen LogP contribution in [-0.4, -0.2) is 25.0 Å². The number of carbonyl (C=O) groups is 2. The molecule has 0 bridgehead atoms. The van der Waals surface area contributed by atoms with Gasteiger partial charge in [0, 0.05) is 5.56 Å². The monoisotopic (exact) mass is 462 g/mol. The number of hydrogen-bond acceptors (Lipinski definition) is 4. The molecule has 0 spiro atoms. The van der Waals surface area contributed by atoms with Crippen molar-refractivity contribution < 1.29 is 19.1 Å². The summed E-state index contributed by atoms with van der Waals surface area (Å²) in [5.41, 5.74) is 6.30. The van der Waals surface area contributed by atoms with Crippen molar-refractivity contribution in [2.24, 2.45) is 5.92 Å². The first-order valence-corrected chi connectivity index (χ1v) is 10.3. The fourth-order valence-corrected chi connectivity index (χ4v) is 2.85. The number of rotatable bonds is 8. The molecule has 0 saturated heterocycles. The fourth-order valence-electron chi connectivity index (χ4n) is 2.34. The Balaban J connectivity index is 1.79. The second kappa shape index (κ2) is 10.9. The molecule has 0 heterocycles. The van der Waals surface area contributed by atoms with Crippen LogP contribution in [0.2, 0.25) is 0 Å². The molecule has 0 fully saturated rings. The predicted molar refractivity (Wildman–Crippen MR) is 116 cm³/mol. The Morgan fingerprint density at radius 3 is 2.24 bits per heavy atom. The van der Waals surface area contributed by atoms with Crippen molar-refractivity contribution in [1.29, 1.82) is 0 Å². The van der Waals surface area contributed by atoms with Crippen LogP contribution in [0.3, 0.4) is 0 Å². The molecule has 0 aliphatic carbocycles. The van der Waals surface area contributed by atoms with Crippen LogP contribution >= 0.6 is 15.9 Å². The Morgan fingerprint density at radius 2 is 1.66 bits per heavy atom. The molecule has 0 radical (unpaired) electrons. The smallest absolute Gasteiger partial charge is 0.276 e. The van der Waals surface area contributed by atoms with Crippen LogP contribution < -0.4 is 20.3 Å². The molecule has 2 rings (SSSR count). The zero-order chi connectivity index (χ0) is 21.4. The molecule has 0 saturated carbocycles. The maximum absolute atomic E-state index is 12.1. The summed E-state index contributed by atoms with van der Waals surface area (Å²) in [5.74, 6) is 1.19. The first kappa shape index (κ1) is 22.7. The standard InChI is InChI=1S/C22H27BrN2O4/c1-14(2)12-28-18-8-5-16(6-9-18)22(27)25-24-21(26)13-29-20-10-7-17(15(3)4)11-19(20)23/h5-11,14-15H,12-13H2,1-4H3,(H,24,26)(H,25,27). The van der Waals surface area contributed by atoms with E-state index in [2.05, 4.69) is 54.5 Å². The quantitative estimate of drug-likeness (QED) is 0.568. The molecule has 156 valence electrons. The van der Waals surface area contributed by atoms with E-state index in [1.807, 2.05) is 18.2 Å². The van der Waals surface area contributed by atoms with Gasteiger partial charge in [-0.3, -0.25) is 20.4 Å². The number of nitrogens with one attached hydrogen (secondary N) is 2. The molecule has 2 aromatic rings. The number of benzene rings is 2. The SMILES string of the molecule is CC(C)COc1ccc(C(=O)NNC(=O)COc2ccc(C(C)C)cc2Br)cc1. The highest BCUT2D eigenvalue weighted by molar-refractivity contribution is 9.10. The Bertz CT molecular complexity index is 835. The van der Waals surface area contributed by atoms with Crippen LogP contribution in [0.1, 0.15) is 49.5 Å². The number of halogens is 1. The van der Waals surface area contributed by atoms with E-state index in [1.165, 1.54) is 5.56 Å². The van der Waals surface area contributed by atoms with Gasteiger partial charge in [0.2, 0.25) is 0 Å². The van der Waals surface area contributed by atoms with Crippen molar-refractivity contribution in [2.45, 2.75) is 33.6 Å². The molecular weight excluding hydrogens is 436 g/mol. The number of hydrogen-bond donors (Lipinski definition) is 2. The Labute approximate surface area is 180 Å². The van der Waals surface area contributed by atoms with Gasteiger partial charge in [0.25, 0.3) is 11.8 Å². The normalized spacial score (nSPS) is 10.7. The lowest BCUT2D eigenvalue weighted by molar-refractivity contribution is -0.123. The van der Waals surface area contributed by atoms with E-state index in [9.17, 15) is 9.59 Å². The summed E-state index contributed by atoms with van der Waals surface area (Å²) >= 11 is 3.45. The van der Waals surface area contributed by atoms with Crippen molar-refractivity contribution in [2.75, 3.05) is 13.2 Å². The van der Waals surface area contributed by atoms with E-state index in [0.29, 0.717) is 35.5 Å². The van der Waals surface area contributed by atoms with E-state index in [4.69, 9.17) is 9.47 Å². The van der Waals surface area contributed by atoms with Crippen LogP contribution in [0.5, 0.6) is 11.5 Å². The molecule has 2 amide bonds. The second-order valence-corrected chi connectivity index (χ2v) is 8.22. The highest BCUT2D eigenvalue weighted by Crippen LogP contribution is 2.28. The number of ether oxygens (including phenoxy) is 2. The van der Waals surface area contributed by atoms with Crippen LogP contribution in [0.25, 0.3) is 0 Å². The third-order valence-electron chi connectivity index (χ3n) is 4.00. The molecule has 0 atom stereocenters. The lowest BCUT2D eigenvalue weighted by atomic mass is 10.0. The van der Waals surface area contributed by atoms with E-state index >= 15 is 0 Å². The summed E-state index contributed by atoms with van der Waals surface area (Å²) in [5, 5.41) is 0. The first-order valence-electron chi connectivity index (χ1n) is 9.50. The largest absolute Gasteiger partial charge is 0.493 e. The zero-order valence-electron chi connectivity index (χ0n) is 17.1. The van der Waals surface area contributed by atoms with Crippen LogP contribution in [-0.2, 0) is 4.79 Å². The van der Waals surface area contributed by atoms with Gasteiger partial charge in [0.15, 0.2) is 6.61 Å². The predicted octanol–water partition coefficient (Wildman–Crippen LogP) is 4.45. The third-order valence-corrected chi connectivity index (χ3v) is 4.62. The molecule has 2 aromatic carbocycles. The van der Waals surface area contributed by atoms with E-state index in [0.717, 1.165) is 4.47 Å². The van der Waals surface area contributed by atoms with Crippen molar-refractivity contribution in [3.05, 3.63) is 58.1 Å². The van der Waals surface area contributed by atoms with Gasteiger partial charge in [0.05, 0.1) is 11.1 Å². The summed E-state index contributed by atoms with van der Waals surface area (Å²) < 4.78 is 11.9. The summed E-state index contributed by atoms with van der Waals surface area (Å²) in [6, 6.07) is 12.5. The van der Waals surface area contributed by atoms with Crippen LogP contribution in [0.15, 0.2) is 46.9 Å². The minimum absolute atomic E-state index is 0.220. The van der Waals surface area contributed by atoms with E-state index in [-0.39, 0.29) is 6.61 Å². The lowest BCUT2D eigenvalue weighted by Gasteiger charge is -2.12. The molecule has 0 aliphatic heterocycles. The van der Waals surface area contributed by atoms with Gasteiger partial charge >= 0.3 is 0 Å². The Kier molecular flexibility index (Phi) is 8.51. The van der Waals surface area contributed by atoms with Crippen molar-refractivity contribution in [3.8, 4) is 11.5 Å². The van der Waals surface area contributed by atoms with E-state index in [1.54, 1.807) is 24.3 Å². The molecule has 7 heteroatoms. The third kappa shape index (κ3) is 7.42. The van der Waals surface area contributed by atoms with Crippen LogP contribution in [0.4, 0.5) is 0 Å². The zero-order valence-corrected chi connectivity index (χ0v) is 18.7. The van der Waals surface area contributed by atoms with Gasteiger partial charge in [-0.05, 0) is 69.7 Å². The van der Waals surface area contributed by atoms with Gasteiger partial charge in [-0.15, -0.1) is 0 Å². The number of hydrazine groups is 1. The summed E-state index contributed by atoms with van der Waals surface area (Å²) in [4.78, 5) is 24.1. The van der Waals surface area contributed by atoms with Crippen molar-refractivity contribution >= 4 is 27.7 Å². The minimum atomic E-state index is -0.463. The highest BCUT2D eigenvalue weighted by Gasteiger charge is 2.10. The molecule has 0 aromatic heterocycles. The first-order chi connectivity index (χ1) is 13.8. The summed E-state index contributed by atoms with van der Waals surface area (Å²) in [6.07, 6.45) is 0. The van der Waals surface area contributed by atoms with E-state index < -0.39 is 11.8 Å². The van der Waals surface area contributed by atoms with Gasteiger partial charge < -0.3 is 9.47 Å². The number of carbonyl (C=O) groups excluding carboxylic acids is 2. The average molecular weight is 463 g/mol. The highest BCUT2D eigenvalue weighted by atomic mass is 79.9. The maximum Gasteiger partial charge on any atom is 0.276 e. The molecule has 2 N–H and O–H groups in total. The fraction of sp³-hybridized carbons (Fsp3) is 0.364.